The second-order valence-corrected chi connectivity index (χ2v) is 5.98. The Balaban J connectivity index is 1.79. The maximum Gasteiger partial charge on any atom is 0.255 e. The van der Waals surface area contributed by atoms with E-state index in [9.17, 15) is 9.18 Å². The van der Waals surface area contributed by atoms with Crippen molar-refractivity contribution in [3.8, 4) is 0 Å². The molecular formula is C14H16BrFN2O. The van der Waals surface area contributed by atoms with Gasteiger partial charge in [-0.2, -0.15) is 0 Å². The van der Waals surface area contributed by atoms with Crippen molar-refractivity contribution < 1.29 is 9.18 Å². The third-order valence-corrected chi connectivity index (χ3v) is 4.86. The van der Waals surface area contributed by atoms with Gasteiger partial charge in [0, 0.05) is 25.7 Å². The molecule has 5 heteroatoms. The lowest BCUT2D eigenvalue weighted by Crippen LogP contribution is -2.52. The summed E-state index contributed by atoms with van der Waals surface area (Å²) in [6.45, 7) is 3.58. The Hall–Kier alpha value is -0.940. The van der Waals surface area contributed by atoms with Crippen molar-refractivity contribution in [1.82, 2.24) is 9.80 Å². The molecule has 0 N–H and O–H groups in total. The van der Waals surface area contributed by atoms with E-state index >= 15 is 0 Å². The smallest absolute Gasteiger partial charge is 0.255 e. The molecule has 1 atom stereocenters. The Morgan fingerprint density at radius 3 is 3.00 bits per heavy atom. The average Bonchev–Trinajstić information content (AvgIpc) is 2.88. The highest BCUT2D eigenvalue weighted by Gasteiger charge is 2.33. The molecule has 2 heterocycles. The lowest BCUT2D eigenvalue weighted by Gasteiger charge is -2.37. The van der Waals surface area contributed by atoms with Gasteiger partial charge < -0.3 is 4.90 Å². The quantitative estimate of drug-likeness (QED) is 0.791. The van der Waals surface area contributed by atoms with Crippen molar-refractivity contribution in [1.29, 1.82) is 0 Å². The van der Waals surface area contributed by atoms with Crippen LogP contribution in [0.2, 0.25) is 0 Å². The lowest BCUT2D eigenvalue weighted by molar-refractivity contribution is 0.0570. The first-order valence-electron chi connectivity index (χ1n) is 6.64. The van der Waals surface area contributed by atoms with Gasteiger partial charge in [-0.05, 0) is 47.4 Å². The monoisotopic (exact) mass is 326 g/mol. The number of hydrogen-bond donors (Lipinski definition) is 0. The van der Waals surface area contributed by atoms with Crippen molar-refractivity contribution in [2.45, 2.75) is 18.9 Å². The number of carbonyl (C=O) groups excluding carboxylic acids is 1. The number of nitrogens with zero attached hydrogens (tertiary/aromatic N) is 2. The normalized spacial score (nSPS) is 23.5. The van der Waals surface area contributed by atoms with Gasteiger partial charge in [0.25, 0.3) is 5.91 Å². The van der Waals surface area contributed by atoms with Gasteiger partial charge in [0.2, 0.25) is 0 Å². The number of rotatable bonds is 1. The number of piperazine rings is 1. The van der Waals surface area contributed by atoms with Crippen LogP contribution in [0.25, 0.3) is 0 Å². The fourth-order valence-corrected chi connectivity index (χ4v) is 3.45. The second kappa shape index (κ2) is 5.21. The summed E-state index contributed by atoms with van der Waals surface area (Å²) in [4.78, 5) is 16.8. The largest absolute Gasteiger partial charge is 0.336 e. The second-order valence-electron chi connectivity index (χ2n) is 5.18. The Bertz CT molecular complexity index is 508. The molecule has 3 nitrogen and oxygen atoms in total. The molecule has 1 amide bonds. The van der Waals surface area contributed by atoms with Gasteiger partial charge in [-0.3, -0.25) is 9.69 Å². The molecule has 3 rings (SSSR count). The molecule has 0 aliphatic carbocycles. The standard InChI is InChI=1S/C14H16BrFN2O/c15-13-11(4-1-5-12(13)16)14(19)18-8-7-17-6-2-3-10(17)9-18/h1,4-5,10H,2-3,6-9H2. The van der Waals surface area contributed by atoms with Gasteiger partial charge in [0.1, 0.15) is 5.82 Å². The van der Waals surface area contributed by atoms with E-state index in [1.807, 2.05) is 4.90 Å². The molecule has 1 aromatic rings. The van der Waals surface area contributed by atoms with Gasteiger partial charge in [-0.15, -0.1) is 0 Å². The summed E-state index contributed by atoms with van der Waals surface area (Å²) >= 11 is 3.17. The molecule has 0 bridgehead atoms. The summed E-state index contributed by atoms with van der Waals surface area (Å²) in [6, 6.07) is 5.11. The van der Waals surface area contributed by atoms with Crippen LogP contribution in [0, 0.1) is 5.82 Å². The van der Waals surface area contributed by atoms with E-state index in [2.05, 4.69) is 20.8 Å². The van der Waals surface area contributed by atoms with Gasteiger partial charge in [0.05, 0.1) is 10.0 Å². The zero-order valence-corrected chi connectivity index (χ0v) is 12.2. The average molecular weight is 327 g/mol. The highest BCUT2D eigenvalue weighted by molar-refractivity contribution is 9.10. The minimum atomic E-state index is -0.384. The van der Waals surface area contributed by atoms with Crippen LogP contribution in [0.4, 0.5) is 4.39 Å². The SMILES string of the molecule is O=C(c1cccc(F)c1Br)N1CCN2CCCC2C1. The zero-order valence-electron chi connectivity index (χ0n) is 10.6. The molecule has 2 aliphatic heterocycles. The van der Waals surface area contributed by atoms with Crippen LogP contribution in [0.3, 0.4) is 0 Å². The van der Waals surface area contributed by atoms with Crippen LogP contribution >= 0.6 is 15.9 Å². The topological polar surface area (TPSA) is 23.6 Å². The van der Waals surface area contributed by atoms with Crippen LogP contribution in [0.15, 0.2) is 22.7 Å². The number of halogens is 2. The fraction of sp³-hybridized carbons (Fsp3) is 0.500. The first-order chi connectivity index (χ1) is 9.16. The molecule has 0 aromatic heterocycles. The Morgan fingerprint density at radius 2 is 2.16 bits per heavy atom. The number of fused-ring (bicyclic) bond motifs is 1. The molecule has 0 saturated carbocycles. The van der Waals surface area contributed by atoms with Crippen molar-refractivity contribution in [2.75, 3.05) is 26.2 Å². The van der Waals surface area contributed by atoms with E-state index in [-0.39, 0.29) is 16.2 Å². The van der Waals surface area contributed by atoms with Crippen molar-refractivity contribution in [2.24, 2.45) is 0 Å². The van der Waals surface area contributed by atoms with Crippen molar-refractivity contribution >= 4 is 21.8 Å². The predicted molar refractivity (Wildman–Crippen MR) is 74.6 cm³/mol. The van der Waals surface area contributed by atoms with Gasteiger partial charge >= 0.3 is 0 Å². The van der Waals surface area contributed by atoms with Crippen LogP contribution < -0.4 is 0 Å². The number of benzene rings is 1. The maximum absolute atomic E-state index is 13.5. The molecule has 1 aromatic carbocycles. The maximum atomic E-state index is 13.5. The molecule has 2 aliphatic rings. The summed E-state index contributed by atoms with van der Waals surface area (Å²) in [5.74, 6) is -0.455. The molecule has 2 saturated heterocycles. The predicted octanol–water partition coefficient (Wildman–Crippen LogP) is 2.51. The van der Waals surface area contributed by atoms with E-state index in [0.29, 0.717) is 11.6 Å². The summed E-state index contributed by atoms with van der Waals surface area (Å²) in [7, 11) is 0. The fourth-order valence-electron chi connectivity index (χ4n) is 3.01. The summed E-state index contributed by atoms with van der Waals surface area (Å²) < 4.78 is 13.8. The number of amides is 1. The Labute approximate surface area is 120 Å². The van der Waals surface area contributed by atoms with Crippen LogP contribution in [0.1, 0.15) is 23.2 Å². The minimum Gasteiger partial charge on any atom is -0.336 e. The van der Waals surface area contributed by atoms with Gasteiger partial charge in [-0.1, -0.05) is 6.07 Å². The number of hydrogen-bond acceptors (Lipinski definition) is 2. The minimum absolute atomic E-state index is 0.0714. The lowest BCUT2D eigenvalue weighted by atomic mass is 10.1. The molecule has 1 unspecified atom stereocenters. The molecule has 2 fully saturated rings. The molecule has 19 heavy (non-hydrogen) atoms. The molecule has 102 valence electrons. The van der Waals surface area contributed by atoms with Gasteiger partial charge in [0.15, 0.2) is 0 Å². The highest BCUT2D eigenvalue weighted by atomic mass is 79.9. The van der Waals surface area contributed by atoms with Crippen LogP contribution in [-0.4, -0.2) is 47.9 Å². The first kappa shape index (κ1) is 13.1. The van der Waals surface area contributed by atoms with E-state index in [1.165, 1.54) is 12.5 Å². The molecule has 0 radical (unpaired) electrons. The first-order valence-corrected chi connectivity index (χ1v) is 7.43. The molecule has 0 spiro atoms. The van der Waals surface area contributed by atoms with E-state index in [0.717, 1.165) is 32.6 Å². The van der Waals surface area contributed by atoms with E-state index in [4.69, 9.17) is 0 Å². The molecular weight excluding hydrogens is 311 g/mol. The zero-order chi connectivity index (χ0) is 13.4. The Kier molecular flexibility index (Phi) is 3.58. The Morgan fingerprint density at radius 1 is 1.32 bits per heavy atom. The summed E-state index contributed by atoms with van der Waals surface area (Å²) in [5, 5.41) is 0. The van der Waals surface area contributed by atoms with Crippen molar-refractivity contribution in [3.05, 3.63) is 34.1 Å². The van der Waals surface area contributed by atoms with Crippen molar-refractivity contribution in [3.63, 3.8) is 0 Å². The third-order valence-electron chi connectivity index (χ3n) is 4.06. The summed E-state index contributed by atoms with van der Waals surface area (Å²) in [6.07, 6.45) is 2.38. The summed E-state index contributed by atoms with van der Waals surface area (Å²) in [5.41, 5.74) is 0.423. The van der Waals surface area contributed by atoms with Crippen LogP contribution in [0.5, 0.6) is 0 Å². The number of carbonyl (C=O) groups is 1. The van der Waals surface area contributed by atoms with E-state index in [1.54, 1.807) is 12.1 Å². The van der Waals surface area contributed by atoms with Crippen LogP contribution in [-0.2, 0) is 0 Å². The van der Waals surface area contributed by atoms with Gasteiger partial charge in [-0.25, -0.2) is 4.39 Å². The third kappa shape index (κ3) is 2.41. The highest BCUT2D eigenvalue weighted by Crippen LogP contribution is 2.25. The van der Waals surface area contributed by atoms with E-state index < -0.39 is 0 Å².